The number of aromatic nitrogens is 2. The number of hydrogen-bond acceptors (Lipinski definition) is 4. The van der Waals surface area contributed by atoms with Gasteiger partial charge in [-0.1, -0.05) is 29.8 Å². The van der Waals surface area contributed by atoms with E-state index in [-0.39, 0.29) is 11.2 Å². The fraction of sp³-hybridized carbons (Fsp3) is 0.167. The molecule has 0 aliphatic heterocycles. The van der Waals surface area contributed by atoms with Crippen LogP contribution < -0.4 is 16.6 Å². The lowest BCUT2D eigenvalue weighted by Gasteiger charge is -2.07. The number of nitrogens with zero attached hydrogens (tertiary/aromatic N) is 1. The maximum atomic E-state index is 11.2. The molecule has 2 aromatic rings. The number of aryl methyl sites for hydroxylation is 1. The minimum atomic E-state index is -0.327. The van der Waals surface area contributed by atoms with Crippen LogP contribution in [0, 0.1) is 6.92 Å². The molecular weight excluding hydrogens is 216 g/mol. The quantitative estimate of drug-likeness (QED) is 0.741. The van der Waals surface area contributed by atoms with Crippen molar-refractivity contribution in [2.75, 3.05) is 11.1 Å². The molecule has 0 saturated heterocycles. The van der Waals surface area contributed by atoms with Gasteiger partial charge in [-0.25, -0.2) is 4.98 Å². The van der Waals surface area contributed by atoms with Gasteiger partial charge in [0.1, 0.15) is 5.69 Å². The average Bonchev–Trinajstić information content (AvgIpc) is 2.31. The Balaban J connectivity index is 2.13. The van der Waals surface area contributed by atoms with Crippen LogP contribution in [0.4, 0.5) is 11.5 Å². The molecule has 0 amide bonds. The van der Waals surface area contributed by atoms with Gasteiger partial charge < -0.3 is 16.0 Å². The average molecular weight is 230 g/mol. The normalized spacial score (nSPS) is 10.2. The van der Waals surface area contributed by atoms with Crippen molar-refractivity contribution in [2.45, 2.75) is 13.5 Å². The van der Waals surface area contributed by atoms with Gasteiger partial charge >= 0.3 is 0 Å². The Bertz CT molecular complexity index is 577. The number of nitrogens with two attached hydrogens (primary N) is 1. The van der Waals surface area contributed by atoms with Crippen LogP contribution >= 0.6 is 0 Å². The van der Waals surface area contributed by atoms with E-state index in [2.05, 4.69) is 21.4 Å². The number of aromatic amines is 1. The summed E-state index contributed by atoms with van der Waals surface area (Å²) in [6, 6.07) is 8.09. The number of anilines is 2. The summed E-state index contributed by atoms with van der Waals surface area (Å²) in [7, 11) is 0. The molecule has 17 heavy (non-hydrogen) atoms. The molecular formula is C12H14N4O. The molecule has 5 heteroatoms. The molecule has 0 unspecified atom stereocenters. The van der Waals surface area contributed by atoms with Gasteiger partial charge in [-0.2, -0.15) is 0 Å². The second-order valence-corrected chi connectivity index (χ2v) is 3.84. The molecule has 4 N–H and O–H groups in total. The monoisotopic (exact) mass is 230 g/mol. The van der Waals surface area contributed by atoms with Gasteiger partial charge in [-0.3, -0.25) is 4.79 Å². The molecule has 1 heterocycles. The van der Waals surface area contributed by atoms with Crippen LogP contribution in [0.15, 0.2) is 35.4 Å². The molecule has 0 radical (unpaired) electrons. The highest BCUT2D eigenvalue weighted by Gasteiger charge is 2.03. The van der Waals surface area contributed by atoms with Crippen molar-refractivity contribution >= 4 is 11.5 Å². The Morgan fingerprint density at radius 2 is 2.29 bits per heavy atom. The van der Waals surface area contributed by atoms with Gasteiger partial charge in [-0.05, 0) is 12.5 Å². The number of nitrogens with one attached hydrogen (secondary N) is 2. The van der Waals surface area contributed by atoms with Crippen LogP contribution in [0.25, 0.3) is 0 Å². The summed E-state index contributed by atoms with van der Waals surface area (Å²) in [5.41, 5.74) is 7.70. The van der Waals surface area contributed by atoms with E-state index in [0.29, 0.717) is 12.4 Å². The van der Waals surface area contributed by atoms with Crippen LogP contribution in [0.1, 0.15) is 11.1 Å². The molecule has 0 aliphatic rings. The van der Waals surface area contributed by atoms with Gasteiger partial charge in [0, 0.05) is 6.54 Å². The number of hydrogen-bond donors (Lipinski definition) is 3. The molecule has 1 aromatic carbocycles. The van der Waals surface area contributed by atoms with Crippen LogP contribution in [-0.2, 0) is 6.54 Å². The van der Waals surface area contributed by atoms with Crippen molar-refractivity contribution in [1.29, 1.82) is 0 Å². The van der Waals surface area contributed by atoms with E-state index in [4.69, 9.17) is 5.73 Å². The van der Waals surface area contributed by atoms with Gasteiger partial charge in [0.25, 0.3) is 5.56 Å². The topological polar surface area (TPSA) is 83.8 Å². The van der Waals surface area contributed by atoms with Crippen molar-refractivity contribution in [3.8, 4) is 0 Å². The van der Waals surface area contributed by atoms with Crippen molar-refractivity contribution < 1.29 is 0 Å². The Labute approximate surface area is 98.7 Å². The molecule has 0 aliphatic carbocycles. The first-order valence-corrected chi connectivity index (χ1v) is 5.29. The minimum Gasteiger partial charge on any atom is -0.391 e. The van der Waals surface area contributed by atoms with Gasteiger partial charge in [0.05, 0.1) is 6.33 Å². The maximum absolute atomic E-state index is 11.2. The van der Waals surface area contributed by atoms with E-state index in [1.165, 1.54) is 11.9 Å². The summed E-state index contributed by atoms with van der Waals surface area (Å²) in [6.45, 7) is 2.62. The Morgan fingerprint density at radius 3 is 3.06 bits per heavy atom. The lowest BCUT2D eigenvalue weighted by molar-refractivity contribution is 1.06. The molecule has 2 rings (SSSR count). The number of benzene rings is 1. The highest BCUT2D eigenvalue weighted by molar-refractivity contribution is 5.59. The van der Waals surface area contributed by atoms with Crippen LogP contribution in [-0.4, -0.2) is 9.97 Å². The molecule has 88 valence electrons. The standard InChI is InChI=1S/C12H14N4O/c1-8-3-2-4-9(5-8)6-14-11-10(13)12(17)16-7-15-11/h2-5,7H,6,13H2,1H3,(H2,14,15,16,17). The zero-order valence-electron chi connectivity index (χ0n) is 9.53. The number of H-pyrrole nitrogens is 1. The van der Waals surface area contributed by atoms with E-state index in [9.17, 15) is 4.79 Å². The summed E-state index contributed by atoms with van der Waals surface area (Å²) >= 11 is 0. The smallest absolute Gasteiger partial charge is 0.276 e. The van der Waals surface area contributed by atoms with E-state index < -0.39 is 0 Å². The first-order chi connectivity index (χ1) is 8.16. The van der Waals surface area contributed by atoms with Crippen LogP contribution in [0.3, 0.4) is 0 Å². The molecule has 0 saturated carbocycles. The van der Waals surface area contributed by atoms with E-state index >= 15 is 0 Å². The summed E-state index contributed by atoms with van der Waals surface area (Å²) in [5.74, 6) is 0.412. The second kappa shape index (κ2) is 4.69. The first kappa shape index (κ1) is 11.2. The minimum absolute atomic E-state index is 0.111. The third kappa shape index (κ3) is 2.63. The van der Waals surface area contributed by atoms with E-state index in [1.54, 1.807) is 0 Å². The molecule has 0 bridgehead atoms. The Kier molecular flexibility index (Phi) is 3.09. The fourth-order valence-electron chi connectivity index (χ4n) is 1.56. The summed E-state index contributed by atoms with van der Waals surface area (Å²) in [6.07, 6.45) is 1.33. The number of rotatable bonds is 3. The molecule has 0 fully saturated rings. The highest BCUT2D eigenvalue weighted by atomic mass is 16.1. The lowest BCUT2D eigenvalue weighted by Crippen LogP contribution is -2.16. The largest absolute Gasteiger partial charge is 0.391 e. The van der Waals surface area contributed by atoms with Crippen molar-refractivity contribution in [2.24, 2.45) is 0 Å². The SMILES string of the molecule is Cc1cccc(CNc2nc[nH]c(=O)c2N)c1. The van der Waals surface area contributed by atoms with Gasteiger partial charge in [0.15, 0.2) is 5.82 Å². The van der Waals surface area contributed by atoms with Gasteiger partial charge in [0.2, 0.25) is 0 Å². The fourth-order valence-corrected chi connectivity index (χ4v) is 1.56. The summed E-state index contributed by atoms with van der Waals surface area (Å²) in [4.78, 5) is 17.6. The first-order valence-electron chi connectivity index (χ1n) is 5.29. The van der Waals surface area contributed by atoms with Crippen molar-refractivity contribution in [3.05, 3.63) is 52.1 Å². The lowest BCUT2D eigenvalue weighted by atomic mass is 10.1. The van der Waals surface area contributed by atoms with Gasteiger partial charge in [-0.15, -0.1) is 0 Å². The third-order valence-corrected chi connectivity index (χ3v) is 2.43. The van der Waals surface area contributed by atoms with Crippen LogP contribution in [0.2, 0.25) is 0 Å². The molecule has 5 nitrogen and oxygen atoms in total. The molecule has 0 atom stereocenters. The second-order valence-electron chi connectivity index (χ2n) is 3.84. The van der Waals surface area contributed by atoms with Crippen molar-refractivity contribution in [1.82, 2.24) is 9.97 Å². The predicted octanol–water partition coefficient (Wildman–Crippen LogP) is 1.27. The Morgan fingerprint density at radius 1 is 1.47 bits per heavy atom. The summed E-state index contributed by atoms with van der Waals surface area (Å²) < 4.78 is 0. The summed E-state index contributed by atoms with van der Waals surface area (Å²) in [5, 5.41) is 3.04. The van der Waals surface area contributed by atoms with E-state index in [0.717, 1.165) is 5.56 Å². The zero-order chi connectivity index (χ0) is 12.3. The van der Waals surface area contributed by atoms with E-state index in [1.807, 2.05) is 25.1 Å². The molecule has 1 aromatic heterocycles. The maximum Gasteiger partial charge on any atom is 0.276 e. The van der Waals surface area contributed by atoms with Crippen molar-refractivity contribution in [3.63, 3.8) is 0 Å². The highest BCUT2D eigenvalue weighted by Crippen LogP contribution is 2.10. The number of nitrogen functional groups attached to an aromatic ring is 1. The third-order valence-electron chi connectivity index (χ3n) is 2.43. The van der Waals surface area contributed by atoms with Crippen LogP contribution in [0.5, 0.6) is 0 Å². The zero-order valence-corrected chi connectivity index (χ0v) is 9.53. The predicted molar refractivity (Wildman–Crippen MR) is 67.8 cm³/mol. The molecule has 0 spiro atoms. The Hall–Kier alpha value is -2.30.